The van der Waals surface area contributed by atoms with E-state index in [1.807, 2.05) is 24.3 Å². The second-order valence-corrected chi connectivity index (χ2v) is 14.6. The summed E-state index contributed by atoms with van der Waals surface area (Å²) < 4.78 is 6.28. The van der Waals surface area contributed by atoms with Crippen molar-refractivity contribution < 1.29 is 4.42 Å². The molecule has 0 saturated heterocycles. The highest BCUT2D eigenvalue weighted by atomic mass is 16.3. The topological polar surface area (TPSA) is 38.9 Å². The lowest BCUT2D eigenvalue weighted by molar-refractivity contribution is 0.631. The summed E-state index contributed by atoms with van der Waals surface area (Å²) in [6.45, 7) is 0. The molecule has 0 amide bonds. The molecule has 0 aliphatic carbocycles. The fourth-order valence-corrected chi connectivity index (χ4v) is 8.23. The third-order valence-electron chi connectivity index (χ3n) is 11.1. The Labute approximate surface area is 330 Å². The summed E-state index contributed by atoms with van der Waals surface area (Å²) >= 11 is 0. The van der Waals surface area contributed by atoms with E-state index in [-0.39, 0.29) is 0 Å². The summed E-state index contributed by atoms with van der Waals surface area (Å²) in [5.41, 5.74) is 11.2. The van der Waals surface area contributed by atoms with E-state index in [4.69, 9.17) is 14.4 Å². The molecule has 3 nitrogen and oxygen atoms in total. The van der Waals surface area contributed by atoms with Crippen molar-refractivity contribution in [2.75, 3.05) is 0 Å². The Morgan fingerprint density at radius 3 is 1.67 bits per heavy atom. The molecule has 0 N–H and O–H groups in total. The van der Waals surface area contributed by atoms with Gasteiger partial charge in [-0.05, 0) is 91.0 Å². The first-order valence-electron chi connectivity index (χ1n) is 19.3. The zero-order valence-electron chi connectivity index (χ0n) is 30.9. The molecule has 11 rings (SSSR count). The zero-order chi connectivity index (χ0) is 37.7. The van der Waals surface area contributed by atoms with E-state index < -0.39 is 0 Å². The first-order valence-corrected chi connectivity index (χ1v) is 19.3. The Morgan fingerprint density at radius 2 is 0.895 bits per heavy atom. The van der Waals surface area contributed by atoms with Crippen LogP contribution < -0.4 is 0 Å². The summed E-state index contributed by atoms with van der Waals surface area (Å²) in [6, 6.07) is 72.8. The van der Waals surface area contributed by atoms with Crippen LogP contribution in [0.4, 0.5) is 0 Å². The third-order valence-corrected chi connectivity index (χ3v) is 11.1. The van der Waals surface area contributed by atoms with Gasteiger partial charge in [0.05, 0.1) is 11.4 Å². The van der Waals surface area contributed by atoms with Crippen molar-refractivity contribution in [2.45, 2.75) is 0 Å². The smallest absolute Gasteiger partial charge is 0.160 e. The highest BCUT2D eigenvalue weighted by Gasteiger charge is 2.16. The normalized spacial score (nSPS) is 11.5. The highest BCUT2D eigenvalue weighted by molar-refractivity contribution is 6.20. The molecule has 9 aromatic carbocycles. The van der Waals surface area contributed by atoms with Gasteiger partial charge in [0.15, 0.2) is 5.82 Å². The number of benzene rings is 9. The van der Waals surface area contributed by atoms with Crippen molar-refractivity contribution in [2.24, 2.45) is 0 Å². The van der Waals surface area contributed by atoms with Gasteiger partial charge in [-0.25, -0.2) is 9.97 Å². The maximum absolute atomic E-state index is 6.28. The maximum Gasteiger partial charge on any atom is 0.160 e. The Balaban J connectivity index is 1.06. The third kappa shape index (κ3) is 5.94. The van der Waals surface area contributed by atoms with Gasteiger partial charge in [0.1, 0.15) is 11.3 Å². The van der Waals surface area contributed by atoms with E-state index >= 15 is 0 Å². The fourth-order valence-electron chi connectivity index (χ4n) is 8.23. The van der Waals surface area contributed by atoms with Crippen LogP contribution >= 0.6 is 0 Å². The second kappa shape index (κ2) is 13.6. The lowest BCUT2D eigenvalue weighted by Gasteiger charge is -2.15. The first-order chi connectivity index (χ1) is 28.2. The molecule has 0 aliphatic rings. The van der Waals surface area contributed by atoms with Crippen LogP contribution in [-0.4, -0.2) is 9.97 Å². The van der Waals surface area contributed by atoms with Crippen molar-refractivity contribution >= 4 is 43.3 Å². The monoisotopic (exact) mass is 726 g/mol. The Kier molecular flexibility index (Phi) is 7.82. The van der Waals surface area contributed by atoms with Crippen LogP contribution in [-0.2, 0) is 0 Å². The number of fused-ring (bicyclic) bond motifs is 5. The lowest BCUT2D eigenvalue weighted by Crippen LogP contribution is -1.96. The molecule has 0 spiro atoms. The molecule has 2 aromatic heterocycles. The zero-order valence-corrected chi connectivity index (χ0v) is 30.9. The van der Waals surface area contributed by atoms with Crippen molar-refractivity contribution in [3.8, 4) is 67.5 Å². The summed E-state index contributed by atoms with van der Waals surface area (Å²) in [5.74, 6) is 1.50. The van der Waals surface area contributed by atoms with Crippen LogP contribution in [0.25, 0.3) is 111 Å². The minimum absolute atomic E-state index is 0.669. The Hall–Kier alpha value is -7.62. The minimum Gasteiger partial charge on any atom is -0.456 e. The van der Waals surface area contributed by atoms with Gasteiger partial charge < -0.3 is 4.42 Å². The van der Waals surface area contributed by atoms with Gasteiger partial charge in [-0.3, -0.25) is 0 Å². The number of para-hydroxylation sites is 1. The fraction of sp³-hybridized carbons (Fsp3) is 0. The van der Waals surface area contributed by atoms with Gasteiger partial charge in [0, 0.05) is 27.6 Å². The van der Waals surface area contributed by atoms with Crippen molar-refractivity contribution in [3.05, 3.63) is 206 Å². The summed E-state index contributed by atoms with van der Waals surface area (Å²) in [5, 5.41) is 8.54. The maximum atomic E-state index is 6.28. The first kappa shape index (κ1) is 32.8. The van der Waals surface area contributed by atoms with Crippen LogP contribution in [0.5, 0.6) is 0 Å². The molecule has 0 saturated carbocycles. The molecule has 266 valence electrons. The molecular formula is C54H34N2O. The molecule has 57 heavy (non-hydrogen) atoms. The van der Waals surface area contributed by atoms with Crippen LogP contribution in [0.3, 0.4) is 0 Å². The van der Waals surface area contributed by atoms with Crippen LogP contribution in [0.1, 0.15) is 0 Å². The van der Waals surface area contributed by atoms with Gasteiger partial charge in [-0.1, -0.05) is 170 Å². The van der Waals surface area contributed by atoms with Gasteiger partial charge in [-0.15, -0.1) is 0 Å². The second-order valence-electron chi connectivity index (χ2n) is 14.6. The molecule has 2 heterocycles. The number of aromatic nitrogens is 2. The molecule has 0 bridgehead atoms. The quantitative estimate of drug-likeness (QED) is 0.126. The Bertz CT molecular complexity index is 3260. The summed E-state index contributed by atoms with van der Waals surface area (Å²) in [6.07, 6.45) is 0. The molecule has 0 fully saturated rings. The number of nitrogens with zero attached hydrogens (tertiary/aromatic N) is 2. The van der Waals surface area contributed by atoms with E-state index in [1.54, 1.807) is 0 Å². The Morgan fingerprint density at radius 1 is 0.298 bits per heavy atom. The molecule has 0 radical (unpaired) electrons. The summed E-state index contributed by atoms with van der Waals surface area (Å²) in [4.78, 5) is 10.5. The van der Waals surface area contributed by atoms with E-state index in [9.17, 15) is 0 Å². The van der Waals surface area contributed by atoms with Gasteiger partial charge in [0.2, 0.25) is 0 Å². The van der Waals surface area contributed by atoms with Crippen molar-refractivity contribution in [1.82, 2.24) is 9.97 Å². The molecule has 11 aromatic rings. The molecule has 3 heteroatoms. The standard InChI is InChI=1S/C54H34N2O/c1-2-12-35(13-3-1)39-17-10-18-41(30-39)49-34-50(42-19-11-20-43(31-42)52-33-44-16-6-9-23-51(44)57-52)56-54(55-49)38-26-24-37(25-27-38)53-46-22-8-5-15-40(46)32-48-45-21-7-4-14-36(45)28-29-47(48)53/h1-34H. The number of hydrogen-bond acceptors (Lipinski definition) is 3. The van der Waals surface area contributed by atoms with Crippen LogP contribution in [0, 0.1) is 0 Å². The molecule has 0 unspecified atom stereocenters. The van der Waals surface area contributed by atoms with E-state index in [0.717, 1.165) is 67.1 Å². The average Bonchev–Trinajstić information content (AvgIpc) is 3.73. The largest absolute Gasteiger partial charge is 0.456 e. The van der Waals surface area contributed by atoms with Gasteiger partial charge >= 0.3 is 0 Å². The molecular weight excluding hydrogens is 693 g/mol. The van der Waals surface area contributed by atoms with Gasteiger partial charge in [-0.2, -0.15) is 0 Å². The van der Waals surface area contributed by atoms with Crippen LogP contribution in [0.2, 0.25) is 0 Å². The van der Waals surface area contributed by atoms with Crippen LogP contribution in [0.15, 0.2) is 211 Å². The number of rotatable bonds is 6. The average molecular weight is 727 g/mol. The number of hydrogen-bond donors (Lipinski definition) is 0. The minimum atomic E-state index is 0.669. The van der Waals surface area contributed by atoms with E-state index in [2.05, 4.69) is 182 Å². The van der Waals surface area contributed by atoms with E-state index in [1.165, 1.54) is 37.9 Å². The SMILES string of the molecule is c1ccc(-c2cccc(-c3cc(-c4cccc(-c5cc6ccccc6o5)c4)nc(-c4ccc(-c5c6ccccc6cc6c5ccc5ccccc56)cc4)n3)c2)cc1. The lowest BCUT2D eigenvalue weighted by atomic mass is 9.89. The molecule has 0 atom stereocenters. The van der Waals surface area contributed by atoms with E-state index in [0.29, 0.717) is 5.82 Å². The van der Waals surface area contributed by atoms with Gasteiger partial charge in [0.25, 0.3) is 0 Å². The predicted molar refractivity (Wildman–Crippen MR) is 237 cm³/mol. The van der Waals surface area contributed by atoms with Crippen molar-refractivity contribution in [3.63, 3.8) is 0 Å². The summed E-state index contributed by atoms with van der Waals surface area (Å²) in [7, 11) is 0. The number of furan rings is 1. The predicted octanol–water partition coefficient (Wildman–Crippen LogP) is 14.7. The van der Waals surface area contributed by atoms with Crippen molar-refractivity contribution in [1.29, 1.82) is 0 Å². The molecule has 0 aliphatic heterocycles. The highest BCUT2D eigenvalue weighted by Crippen LogP contribution is 2.40.